The molecule has 2 aliphatic rings. The highest BCUT2D eigenvalue weighted by atomic mass is 16.5. The molecule has 4 rings (SSSR count). The molecule has 3 atom stereocenters. The number of nitrogens with one attached hydrogen (secondary N) is 1. The van der Waals surface area contributed by atoms with Crippen molar-refractivity contribution in [2.75, 3.05) is 6.61 Å². The van der Waals surface area contributed by atoms with Crippen molar-refractivity contribution in [3.63, 3.8) is 0 Å². The maximum absolute atomic E-state index is 12.4. The first-order valence-corrected chi connectivity index (χ1v) is 16.4. The number of aromatic nitrogens is 6. The number of fused-ring (bicyclic) bond motifs is 2. The predicted molar refractivity (Wildman–Crippen MR) is 172 cm³/mol. The fourth-order valence-corrected chi connectivity index (χ4v) is 5.61. The second-order valence-electron chi connectivity index (χ2n) is 17.3. The van der Waals surface area contributed by atoms with Gasteiger partial charge in [0.1, 0.15) is 11.5 Å². The summed E-state index contributed by atoms with van der Waals surface area (Å²) in [5, 5.41) is 20.6. The molecular formula is C34H61N7O2. The van der Waals surface area contributed by atoms with Gasteiger partial charge < -0.3 is 4.74 Å². The van der Waals surface area contributed by atoms with E-state index in [1.165, 1.54) is 17.8 Å². The van der Waals surface area contributed by atoms with Gasteiger partial charge >= 0.3 is 0 Å². The van der Waals surface area contributed by atoms with Crippen molar-refractivity contribution < 1.29 is 9.53 Å². The maximum Gasteiger partial charge on any atom is 0.138 e. The van der Waals surface area contributed by atoms with E-state index in [-0.39, 0.29) is 16.4 Å². The number of hydrogen-bond acceptors (Lipinski definition) is 7. The number of hydrogen-bond donors (Lipinski definition) is 1. The van der Waals surface area contributed by atoms with E-state index in [4.69, 9.17) is 4.74 Å². The van der Waals surface area contributed by atoms with Crippen molar-refractivity contribution in [3.05, 3.63) is 23.3 Å². The second kappa shape index (κ2) is 13.9. The summed E-state index contributed by atoms with van der Waals surface area (Å²) in [7, 11) is 0. The fourth-order valence-electron chi connectivity index (χ4n) is 5.61. The minimum absolute atomic E-state index is 0.0699. The highest BCUT2D eigenvalue weighted by molar-refractivity contribution is 5.84. The third kappa shape index (κ3) is 12.1. The highest BCUT2D eigenvalue weighted by Gasteiger charge is 2.51. The summed E-state index contributed by atoms with van der Waals surface area (Å²) >= 11 is 0. The molecule has 0 spiro atoms. The normalized spacial score (nSPS) is 20.8. The van der Waals surface area contributed by atoms with E-state index in [9.17, 15) is 4.79 Å². The van der Waals surface area contributed by atoms with E-state index in [1.807, 2.05) is 36.3 Å². The molecule has 3 unspecified atom stereocenters. The number of ether oxygens (including phenoxy) is 1. The van der Waals surface area contributed by atoms with Gasteiger partial charge in [0.15, 0.2) is 0 Å². The Labute approximate surface area is 261 Å². The van der Waals surface area contributed by atoms with Crippen LogP contribution >= 0.6 is 0 Å². The molecule has 244 valence electrons. The molecule has 1 saturated carbocycles. The lowest BCUT2D eigenvalue weighted by atomic mass is 9.87. The number of aryl methyl sites for hydroxylation is 1. The van der Waals surface area contributed by atoms with E-state index in [0.717, 1.165) is 62.8 Å². The molecule has 2 aliphatic carbocycles. The summed E-state index contributed by atoms with van der Waals surface area (Å²) in [5.74, 6) is 2.46. The zero-order valence-electron chi connectivity index (χ0n) is 29.4. The van der Waals surface area contributed by atoms with Crippen molar-refractivity contribution in [3.8, 4) is 0 Å². The van der Waals surface area contributed by atoms with Gasteiger partial charge in [0, 0.05) is 30.5 Å². The zero-order valence-corrected chi connectivity index (χ0v) is 29.4. The van der Waals surface area contributed by atoms with Crippen LogP contribution in [0, 0.1) is 34.0 Å². The molecule has 1 N–H and O–H groups in total. The number of nitrogens with zero attached hydrogens (tertiary/aromatic N) is 6. The Morgan fingerprint density at radius 3 is 2.14 bits per heavy atom. The van der Waals surface area contributed by atoms with Crippen LogP contribution in [0.5, 0.6) is 0 Å². The Bertz CT molecular complexity index is 1170. The molecule has 43 heavy (non-hydrogen) atoms. The van der Waals surface area contributed by atoms with Crippen molar-refractivity contribution in [1.29, 1.82) is 0 Å². The molecular weight excluding hydrogens is 538 g/mol. The molecule has 1 fully saturated rings. The smallest absolute Gasteiger partial charge is 0.138 e. The third-order valence-corrected chi connectivity index (χ3v) is 8.34. The highest BCUT2D eigenvalue weighted by Crippen LogP contribution is 2.55. The zero-order chi connectivity index (χ0) is 32.2. The Kier molecular flexibility index (Phi) is 11.4. The summed E-state index contributed by atoms with van der Waals surface area (Å²) in [6.45, 7) is 28.8. The van der Waals surface area contributed by atoms with Gasteiger partial charge in [-0.3, -0.25) is 14.8 Å². The van der Waals surface area contributed by atoms with Crippen LogP contribution in [0.15, 0.2) is 6.20 Å². The molecule has 2 aromatic rings. The monoisotopic (exact) mass is 599 g/mol. The first kappa shape index (κ1) is 35.4. The topological polar surface area (TPSA) is 99.8 Å². The first-order chi connectivity index (χ1) is 19.7. The summed E-state index contributed by atoms with van der Waals surface area (Å²) in [6.07, 6.45) is 8.17. The summed E-state index contributed by atoms with van der Waals surface area (Å²) in [5.41, 5.74) is 3.78. The van der Waals surface area contributed by atoms with Crippen LogP contribution in [0.1, 0.15) is 126 Å². The quantitative estimate of drug-likeness (QED) is 0.322. The van der Waals surface area contributed by atoms with Crippen molar-refractivity contribution in [2.45, 2.75) is 147 Å². The molecule has 2 aromatic heterocycles. The van der Waals surface area contributed by atoms with E-state index in [0.29, 0.717) is 30.4 Å². The van der Waals surface area contributed by atoms with Crippen LogP contribution in [0.25, 0.3) is 0 Å². The number of carbonyl (C=O) groups excluding carboxylic acids is 1. The number of carbonyl (C=O) groups is 1. The average Bonchev–Trinajstić information content (AvgIpc) is 3.12. The Balaban J connectivity index is 0.000000250. The van der Waals surface area contributed by atoms with Crippen LogP contribution in [-0.4, -0.2) is 47.9 Å². The van der Waals surface area contributed by atoms with Crippen LogP contribution < -0.4 is 5.32 Å². The molecule has 0 amide bonds. The SMILES string of the molecule is CC(C)(C)CCOCc1cn(CC(C)(C)C)nn1.CC(C)(C)NCn1nnc2c1CCC1C(CC2)C1CC(=O)C(C)(C)C. The Morgan fingerprint density at radius 2 is 1.56 bits per heavy atom. The number of rotatable bonds is 9. The average molecular weight is 600 g/mol. The fraction of sp³-hybridized carbons (Fsp3) is 0.853. The van der Waals surface area contributed by atoms with Crippen LogP contribution in [0.2, 0.25) is 0 Å². The first-order valence-electron chi connectivity index (χ1n) is 16.4. The van der Waals surface area contributed by atoms with Crippen LogP contribution in [0.3, 0.4) is 0 Å². The maximum atomic E-state index is 12.4. The third-order valence-electron chi connectivity index (χ3n) is 8.34. The van der Waals surface area contributed by atoms with Crippen LogP contribution in [-0.2, 0) is 42.2 Å². The van der Waals surface area contributed by atoms with E-state index in [2.05, 4.69) is 88.3 Å². The molecule has 0 radical (unpaired) electrons. The number of ketones is 1. The molecule has 0 saturated heterocycles. The van der Waals surface area contributed by atoms with Gasteiger partial charge in [-0.15, -0.1) is 10.2 Å². The lowest BCUT2D eigenvalue weighted by Gasteiger charge is -2.21. The van der Waals surface area contributed by atoms with Crippen molar-refractivity contribution >= 4 is 5.78 Å². The van der Waals surface area contributed by atoms with Crippen LogP contribution in [0.4, 0.5) is 0 Å². The Hall–Kier alpha value is -2.13. The van der Waals surface area contributed by atoms with Crippen molar-refractivity contribution in [1.82, 2.24) is 35.3 Å². The lowest BCUT2D eigenvalue weighted by molar-refractivity contribution is -0.126. The summed E-state index contributed by atoms with van der Waals surface area (Å²) in [4.78, 5) is 12.4. The molecule has 9 nitrogen and oxygen atoms in total. The van der Waals surface area contributed by atoms with Gasteiger partial charge in [-0.1, -0.05) is 72.7 Å². The minimum atomic E-state index is -0.207. The second-order valence-corrected chi connectivity index (χ2v) is 17.3. The molecule has 0 aromatic carbocycles. The molecule has 0 bridgehead atoms. The van der Waals surface area contributed by atoms with E-state index < -0.39 is 0 Å². The number of Topliss-reactive ketones (excluding diaryl/α,β-unsaturated/α-hetero) is 1. The van der Waals surface area contributed by atoms with Gasteiger partial charge in [-0.25, -0.2) is 4.68 Å². The van der Waals surface area contributed by atoms with Gasteiger partial charge in [0.05, 0.1) is 30.9 Å². The molecule has 0 aliphatic heterocycles. The molecule has 9 heteroatoms. The predicted octanol–water partition coefficient (Wildman–Crippen LogP) is 6.65. The van der Waals surface area contributed by atoms with Crippen molar-refractivity contribution in [2.24, 2.45) is 34.0 Å². The largest absolute Gasteiger partial charge is 0.375 e. The minimum Gasteiger partial charge on any atom is -0.375 e. The Morgan fingerprint density at radius 1 is 0.907 bits per heavy atom. The van der Waals surface area contributed by atoms with Gasteiger partial charge in [0.2, 0.25) is 0 Å². The standard InChI is InChI=1S/C20H34N4O.C14H27N3O/c1-19(2,3)18(25)11-15-13-7-9-16-17(10-8-14(13)15)24(23-22-16)12-21-20(4,5)6;1-13(2,3)7-8-18-10-12-9-17(16-15-12)11-14(4,5)6/h13-15,21H,7-12H2,1-6H3;9H,7-8,10-11H2,1-6H3. The van der Waals surface area contributed by atoms with E-state index in [1.54, 1.807) is 0 Å². The van der Waals surface area contributed by atoms with E-state index >= 15 is 0 Å². The van der Waals surface area contributed by atoms with Gasteiger partial charge in [-0.05, 0) is 81.5 Å². The van der Waals surface area contributed by atoms with Gasteiger partial charge in [-0.2, -0.15) is 0 Å². The summed E-state index contributed by atoms with van der Waals surface area (Å²) < 4.78 is 9.55. The lowest BCUT2D eigenvalue weighted by Crippen LogP contribution is -2.37. The molecule has 2 heterocycles. The summed E-state index contributed by atoms with van der Waals surface area (Å²) in [6, 6.07) is 0. The van der Waals surface area contributed by atoms with Gasteiger partial charge in [0.25, 0.3) is 0 Å².